The lowest BCUT2D eigenvalue weighted by Gasteiger charge is -2.63. The van der Waals surface area contributed by atoms with Gasteiger partial charge in [0.05, 0.1) is 26.4 Å². The number of carbonyl (C=O) groups is 2. The van der Waals surface area contributed by atoms with Crippen LogP contribution in [0.15, 0.2) is 12.2 Å². The predicted octanol–water partition coefficient (Wildman–Crippen LogP) is 5.63. The van der Waals surface area contributed by atoms with Crippen molar-refractivity contribution in [2.45, 2.75) is 103 Å². The summed E-state index contributed by atoms with van der Waals surface area (Å²) in [6, 6.07) is 0. The van der Waals surface area contributed by atoms with Crippen molar-refractivity contribution in [2.24, 2.45) is 40.4 Å². The first-order chi connectivity index (χ1) is 19.1. The van der Waals surface area contributed by atoms with Crippen LogP contribution >= 0.6 is 0 Å². The SMILES string of the molecule is COC(=O)O[C@H]1C[C@H](OC(=O)OC)[C@]2(C)[C@H]3CC[C@]4(C)[C@@H](C(C)COC5CCCCO5)CC[C@H]4[C@@H]3C=C[C@@]2(O)C1. The Morgan fingerprint density at radius 3 is 2.48 bits per heavy atom. The molecule has 4 fully saturated rings. The Hall–Kier alpha value is -1.84. The van der Waals surface area contributed by atoms with Crippen molar-refractivity contribution in [3.8, 4) is 0 Å². The van der Waals surface area contributed by atoms with Crippen LogP contribution in [0.1, 0.15) is 78.6 Å². The summed E-state index contributed by atoms with van der Waals surface area (Å²) in [5, 5.41) is 12.2. The average Bonchev–Trinajstić information content (AvgIpc) is 3.30. The molecule has 1 aliphatic heterocycles. The van der Waals surface area contributed by atoms with Crippen LogP contribution in [0, 0.1) is 40.4 Å². The molecule has 9 heteroatoms. The van der Waals surface area contributed by atoms with Gasteiger partial charge in [0.1, 0.15) is 12.2 Å². The Labute approximate surface area is 238 Å². The van der Waals surface area contributed by atoms with E-state index in [-0.39, 0.29) is 36.4 Å². The van der Waals surface area contributed by atoms with Crippen molar-refractivity contribution in [3.63, 3.8) is 0 Å². The number of methoxy groups -OCH3 is 2. The highest BCUT2D eigenvalue weighted by atomic mass is 16.7. The number of hydrogen-bond acceptors (Lipinski definition) is 9. The van der Waals surface area contributed by atoms with Gasteiger partial charge >= 0.3 is 12.3 Å². The van der Waals surface area contributed by atoms with Crippen LogP contribution in [0.25, 0.3) is 0 Å². The number of allylic oxidation sites excluding steroid dienone is 1. The fourth-order valence-corrected chi connectivity index (χ4v) is 9.46. The monoisotopic (exact) mass is 564 g/mol. The Bertz CT molecular complexity index is 962. The summed E-state index contributed by atoms with van der Waals surface area (Å²) in [4.78, 5) is 24.3. The van der Waals surface area contributed by atoms with Crippen molar-refractivity contribution < 1.29 is 43.1 Å². The summed E-state index contributed by atoms with van der Waals surface area (Å²) >= 11 is 0. The fourth-order valence-electron chi connectivity index (χ4n) is 9.46. The third-order valence-electron chi connectivity index (χ3n) is 11.6. The van der Waals surface area contributed by atoms with E-state index in [4.69, 9.17) is 28.4 Å². The minimum Gasteiger partial charge on any atom is -0.438 e. The van der Waals surface area contributed by atoms with Crippen LogP contribution in [0.5, 0.6) is 0 Å². The lowest BCUT2D eigenvalue weighted by atomic mass is 9.44. The molecule has 40 heavy (non-hydrogen) atoms. The molecule has 0 aromatic carbocycles. The van der Waals surface area contributed by atoms with Crippen molar-refractivity contribution in [1.29, 1.82) is 0 Å². The number of fused-ring (bicyclic) bond motifs is 5. The molecular weight excluding hydrogens is 516 g/mol. The topological polar surface area (TPSA) is 110 Å². The quantitative estimate of drug-likeness (QED) is 0.324. The maximum absolute atomic E-state index is 12.4. The smallest absolute Gasteiger partial charge is 0.438 e. The molecule has 0 amide bonds. The van der Waals surface area contributed by atoms with Crippen molar-refractivity contribution in [3.05, 3.63) is 12.2 Å². The van der Waals surface area contributed by atoms with Gasteiger partial charge in [0.25, 0.3) is 0 Å². The maximum Gasteiger partial charge on any atom is 0.508 e. The highest BCUT2D eigenvalue weighted by Crippen LogP contribution is 2.68. The van der Waals surface area contributed by atoms with Crippen LogP contribution in [0.3, 0.4) is 0 Å². The summed E-state index contributed by atoms with van der Waals surface area (Å²) in [5.74, 6) is 1.81. The van der Waals surface area contributed by atoms with Crippen molar-refractivity contribution in [1.82, 2.24) is 0 Å². The van der Waals surface area contributed by atoms with Gasteiger partial charge in [0.15, 0.2) is 6.29 Å². The average molecular weight is 565 g/mol. The molecule has 5 rings (SSSR count). The first-order valence-corrected chi connectivity index (χ1v) is 15.2. The highest BCUT2D eigenvalue weighted by molar-refractivity contribution is 5.61. The largest absolute Gasteiger partial charge is 0.508 e. The lowest BCUT2D eigenvalue weighted by molar-refractivity contribution is -0.221. The summed E-state index contributed by atoms with van der Waals surface area (Å²) in [7, 11) is 2.53. The molecule has 3 saturated carbocycles. The normalized spacial score (nSPS) is 44.9. The standard InChI is InChI=1S/C31H48O9/c1-19(18-38-26-8-6-7-15-37-26)22-9-10-23-21-11-14-31(34)17-20(39-27(32)35-4)16-25(40-28(33)36-5)30(31,3)24(21)12-13-29(22,23)2/h11,14,19-26,34H,6-10,12-13,15-18H2,1-5H3/t19?,20-,21-,22+,23-,24-,25-,26?,29+,30-,31+/m0/s1. The van der Waals surface area contributed by atoms with Gasteiger partial charge in [-0.05, 0) is 80.0 Å². The molecule has 1 saturated heterocycles. The number of aliphatic hydroxyl groups is 1. The van der Waals surface area contributed by atoms with E-state index < -0.39 is 35.5 Å². The molecular formula is C31H48O9. The van der Waals surface area contributed by atoms with Gasteiger partial charge < -0.3 is 33.5 Å². The number of hydrogen-bond donors (Lipinski definition) is 1. The minimum atomic E-state index is -1.31. The van der Waals surface area contributed by atoms with Crippen LogP contribution in [0.2, 0.25) is 0 Å². The van der Waals surface area contributed by atoms with E-state index in [0.717, 1.165) is 51.7 Å². The second-order valence-corrected chi connectivity index (χ2v) is 13.4. The predicted molar refractivity (Wildman–Crippen MR) is 145 cm³/mol. The van der Waals surface area contributed by atoms with E-state index in [1.54, 1.807) is 0 Å². The Balaban J connectivity index is 1.37. The summed E-state index contributed by atoms with van der Waals surface area (Å²) < 4.78 is 32.9. The first kappa shape index (κ1) is 29.6. The van der Waals surface area contributed by atoms with E-state index in [2.05, 4.69) is 19.9 Å². The third-order valence-corrected chi connectivity index (χ3v) is 11.6. The molecule has 0 radical (unpaired) electrons. The fraction of sp³-hybridized carbons (Fsp3) is 0.871. The number of carbonyl (C=O) groups excluding carboxylic acids is 2. The molecule has 0 aromatic rings. The zero-order valence-electron chi connectivity index (χ0n) is 24.8. The minimum absolute atomic E-state index is 0.0686. The van der Waals surface area contributed by atoms with Gasteiger partial charge in [0, 0.05) is 24.9 Å². The van der Waals surface area contributed by atoms with Gasteiger partial charge in [-0.15, -0.1) is 0 Å². The Kier molecular flexibility index (Phi) is 8.48. The molecule has 0 spiro atoms. The first-order valence-electron chi connectivity index (χ1n) is 15.2. The van der Waals surface area contributed by atoms with E-state index in [1.165, 1.54) is 20.6 Å². The highest BCUT2D eigenvalue weighted by Gasteiger charge is 2.67. The van der Waals surface area contributed by atoms with Crippen molar-refractivity contribution in [2.75, 3.05) is 27.4 Å². The van der Waals surface area contributed by atoms with E-state index in [0.29, 0.717) is 17.8 Å². The molecule has 0 aromatic heterocycles. The van der Waals surface area contributed by atoms with Gasteiger partial charge in [-0.25, -0.2) is 9.59 Å². The Morgan fingerprint density at radius 2 is 1.77 bits per heavy atom. The molecule has 1 N–H and O–H groups in total. The van der Waals surface area contributed by atoms with Gasteiger partial charge in [-0.3, -0.25) is 0 Å². The van der Waals surface area contributed by atoms with Crippen LogP contribution < -0.4 is 0 Å². The lowest BCUT2D eigenvalue weighted by Crippen LogP contribution is -2.67. The summed E-state index contributed by atoms with van der Waals surface area (Å²) in [6.07, 6.45) is 9.11. The van der Waals surface area contributed by atoms with Crippen molar-refractivity contribution >= 4 is 12.3 Å². The number of ether oxygens (including phenoxy) is 6. The van der Waals surface area contributed by atoms with E-state index >= 15 is 0 Å². The van der Waals surface area contributed by atoms with Gasteiger partial charge in [-0.2, -0.15) is 0 Å². The number of rotatable bonds is 6. The second kappa shape index (κ2) is 11.4. The van der Waals surface area contributed by atoms with Crippen LogP contribution in [0.4, 0.5) is 9.59 Å². The maximum atomic E-state index is 12.4. The van der Waals surface area contributed by atoms with Gasteiger partial charge in [0.2, 0.25) is 0 Å². The van der Waals surface area contributed by atoms with Crippen LogP contribution in [-0.2, 0) is 28.4 Å². The summed E-state index contributed by atoms with van der Waals surface area (Å²) in [5.41, 5.74) is -1.91. The zero-order valence-corrected chi connectivity index (χ0v) is 24.8. The summed E-state index contributed by atoms with van der Waals surface area (Å²) in [6.45, 7) is 8.34. The molecule has 9 nitrogen and oxygen atoms in total. The van der Waals surface area contributed by atoms with E-state index in [1.807, 2.05) is 13.0 Å². The molecule has 226 valence electrons. The molecule has 2 unspecified atom stereocenters. The zero-order chi connectivity index (χ0) is 28.7. The molecule has 0 bridgehead atoms. The third kappa shape index (κ3) is 5.04. The molecule has 11 atom stereocenters. The molecule has 1 heterocycles. The molecule has 5 aliphatic rings. The Morgan fingerprint density at radius 1 is 1.02 bits per heavy atom. The van der Waals surface area contributed by atoms with Gasteiger partial charge in [-0.1, -0.05) is 32.9 Å². The van der Waals surface area contributed by atoms with Crippen LogP contribution in [-0.4, -0.2) is 68.9 Å². The van der Waals surface area contributed by atoms with E-state index in [9.17, 15) is 14.7 Å². The molecule has 4 aliphatic carbocycles. The second-order valence-electron chi connectivity index (χ2n) is 13.4.